The summed E-state index contributed by atoms with van der Waals surface area (Å²) in [5.74, 6) is 1.13. The Morgan fingerprint density at radius 1 is 0.958 bits per heavy atom. The van der Waals surface area contributed by atoms with Crippen LogP contribution >= 0.6 is 0 Å². The van der Waals surface area contributed by atoms with E-state index in [0.717, 1.165) is 35.5 Å². The number of anilines is 1. The molecule has 124 valence electrons. The minimum atomic E-state index is 0.492. The molecule has 3 rings (SSSR count). The normalized spacial score (nSPS) is 10.8. The number of nitrogens with one attached hydrogen (secondary N) is 1. The number of aromatic nitrogens is 4. The Labute approximate surface area is 141 Å². The van der Waals surface area contributed by atoms with Crippen molar-refractivity contribution >= 4 is 5.95 Å². The molecular weight excluding hydrogens is 302 g/mol. The Balaban J connectivity index is 1.68. The van der Waals surface area contributed by atoms with Gasteiger partial charge in [-0.1, -0.05) is 31.5 Å². The smallest absolute Gasteiger partial charge is 0.243 e. The van der Waals surface area contributed by atoms with Gasteiger partial charge < -0.3 is 9.73 Å². The third-order valence-electron chi connectivity index (χ3n) is 3.79. The summed E-state index contributed by atoms with van der Waals surface area (Å²) in [6.07, 6.45) is 3.33. The molecule has 1 N–H and O–H groups in total. The standard InChI is InChI=1S/C18H21N5O/c1-4-15-16(5-2)22-23-18(21-15)19-10-14-11-24-17(20-14)13-8-6-12(3)7-9-13/h6-9,11H,4-5,10H2,1-3H3,(H,19,21,23). The molecule has 0 atom stereocenters. The van der Waals surface area contributed by atoms with Crippen LogP contribution in [0.3, 0.4) is 0 Å². The van der Waals surface area contributed by atoms with Crippen molar-refractivity contribution in [3.63, 3.8) is 0 Å². The van der Waals surface area contributed by atoms with Gasteiger partial charge in [-0.15, -0.1) is 5.10 Å². The topological polar surface area (TPSA) is 76.7 Å². The molecule has 0 amide bonds. The van der Waals surface area contributed by atoms with E-state index < -0.39 is 0 Å². The fourth-order valence-corrected chi connectivity index (χ4v) is 2.40. The molecular formula is C18H21N5O. The second kappa shape index (κ2) is 7.21. The van der Waals surface area contributed by atoms with Crippen molar-refractivity contribution in [3.05, 3.63) is 53.2 Å². The molecule has 6 heteroatoms. The van der Waals surface area contributed by atoms with Gasteiger partial charge in [0.1, 0.15) is 6.26 Å². The van der Waals surface area contributed by atoms with Crippen molar-refractivity contribution in [1.82, 2.24) is 20.2 Å². The van der Waals surface area contributed by atoms with Gasteiger partial charge in [-0.2, -0.15) is 5.10 Å². The van der Waals surface area contributed by atoms with Crippen LogP contribution in [0.25, 0.3) is 11.5 Å². The van der Waals surface area contributed by atoms with E-state index in [9.17, 15) is 0 Å². The van der Waals surface area contributed by atoms with Crippen molar-refractivity contribution < 1.29 is 4.42 Å². The van der Waals surface area contributed by atoms with Crippen LogP contribution in [-0.2, 0) is 19.4 Å². The SMILES string of the molecule is CCc1nnc(NCc2coc(-c3ccc(C)cc3)n2)nc1CC. The minimum Gasteiger partial charge on any atom is -0.444 e. The molecule has 2 aromatic heterocycles. The van der Waals surface area contributed by atoms with E-state index in [2.05, 4.69) is 46.3 Å². The highest BCUT2D eigenvalue weighted by Gasteiger charge is 2.09. The third kappa shape index (κ3) is 3.59. The van der Waals surface area contributed by atoms with E-state index in [4.69, 9.17) is 4.42 Å². The number of benzene rings is 1. The van der Waals surface area contributed by atoms with Crippen molar-refractivity contribution in [2.75, 3.05) is 5.32 Å². The number of hydrogen-bond donors (Lipinski definition) is 1. The predicted molar refractivity (Wildman–Crippen MR) is 92.6 cm³/mol. The molecule has 1 aromatic carbocycles. The summed E-state index contributed by atoms with van der Waals surface area (Å²) < 4.78 is 5.55. The second-order valence-corrected chi connectivity index (χ2v) is 5.60. The average molecular weight is 323 g/mol. The van der Waals surface area contributed by atoms with E-state index in [1.807, 2.05) is 24.3 Å². The molecule has 3 aromatic rings. The quantitative estimate of drug-likeness (QED) is 0.747. The van der Waals surface area contributed by atoms with Gasteiger partial charge in [0.25, 0.3) is 0 Å². The fraction of sp³-hybridized carbons (Fsp3) is 0.333. The molecule has 0 saturated heterocycles. The third-order valence-corrected chi connectivity index (χ3v) is 3.79. The fourth-order valence-electron chi connectivity index (χ4n) is 2.40. The zero-order chi connectivity index (χ0) is 16.9. The molecule has 0 fully saturated rings. The highest BCUT2D eigenvalue weighted by Crippen LogP contribution is 2.19. The molecule has 0 bridgehead atoms. The van der Waals surface area contributed by atoms with Gasteiger partial charge in [-0.3, -0.25) is 0 Å². The average Bonchev–Trinajstić information content (AvgIpc) is 3.09. The van der Waals surface area contributed by atoms with Crippen LogP contribution in [0.15, 0.2) is 34.9 Å². The van der Waals surface area contributed by atoms with Gasteiger partial charge in [-0.25, -0.2) is 9.97 Å². The van der Waals surface area contributed by atoms with Crippen LogP contribution in [0.1, 0.15) is 36.5 Å². The first-order valence-corrected chi connectivity index (χ1v) is 8.17. The molecule has 0 unspecified atom stereocenters. The second-order valence-electron chi connectivity index (χ2n) is 5.60. The van der Waals surface area contributed by atoms with Gasteiger partial charge in [0.2, 0.25) is 11.8 Å². The lowest BCUT2D eigenvalue weighted by Crippen LogP contribution is -2.09. The maximum Gasteiger partial charge on any atom is 0.243 e. The maximum atomic E-state index is 5.55. The Bertz CT molecular complexity index is 811. The van der Waals surface area contributed by atoms with Crippen molar-refractivity contribution in [3.8, 4) is 11.5 Å². The highest BCUT2D eigenvalue weighted by atomic mass is 16.3. The number of oxazole rings is 1. The summed E-state index contributed by atoms with van der Waals surface area (Å²) in [5.41, 5.74) is 4.90. The van der Waals surface area contributed by atoms with E-state index in [-0.39, 0.29) is 0 Å². The van der Waals surface area contributed by atoms with Gasteiger partial charge in [0.05, 0.1) is 23.6 Å². The van der Waals surface area contributed by atoms with Gasteiger partial charge in [0.15, 0.2) is 0 Å². The minimum absolute atomic E-state index is 0.492. The first-order chi connectivity index (χ1) is 11.7. The van der Waals surface area contributed by atoms with Gasteiger partial charge in [0, 0.05) is 5.56 Å². The maximum absolute atomic E-state index is 5.55. The summed E-state index contributed by atoms with van der Waals surface area (Å²) in [6.45, 7) is 6.67. The van der Waals surface area contributed by atoms with Crippen LogP contribution in [0.2, 0.25) is 0 Å². The predicted octanol–water partition coefficient (Wildman–Crippen LogP) is 3.57. The Hall–Kier alpha value is -2.76. The van der Waals surface area contributed by atoms with E-state index in [1.54, 1.807) is 6.26 Å². The summed E-state index contributed by atoms with van der Waals surface area (Å²) in [6, 6.07) is 8.09. The molecule has 0 aliphatic carbocycles. The van der Waals surface area contributed by atoms with Gasteiger partial charge >= 0.3 is 0 Å². The van der Waals surface area contributed by atoms with Crippen LogP contribution in [0.4, 0.5) is 5.95 Å². The van der Waals surface area contributed by atoms with Crippen molar-refractivity contribution in [2.45, 2.75) is 40.2 Å². The molecule has 6 nitrogen and oxygen atoms in total. The van der Waals surface area contributed by atoms with Crippen LogP contribution in [0.5, 0.6) is 0 Å². The Morgan fingerprint density at radius 2 is 1.71 bits per heavy atom. The lowest BCUT2D eigenvalue weighted by atomic mass is 10.1. The molecule has 0 aliphatic heterocycles. The Morgan fingerprint density at radius 3 is 2.42 bits per heavy atom. The summed E-state index contributed by atoms with van der Waals surface area (Å²) in [5, 5.41) is 11.5. The number of nitrogens with zero attached hydrogens (tertiary/aromatic N) is 4. The monoisotopic (exact) mass is 323 g/mol. The van der Waals surface area contributed by atoms with E-state index >= 15 is 0 Å². The van der Waals surface area contributed by atoms with Crippen LogP contribution in [0, 0.1) is 6.92 Å². The van der Waals surface area contributed by atoms with Crippen LogP contribution in [-0.4, -0.2) is 20.2 Å². The molecule has 24 heavy (non-hydrogen) atoms. The summed E-state index contributed by atoms with van der Waals surface area (Å²) in [4.78, 5) is 9.01. The Kier molecular flexibility index (Phi) is 4.84. The van der Waals surface area contributed by atoms with Crippen molar-refractivity contribution in [2.24, 2.45) is 0 Å². The molecule has 0 aliphatic rings. The molecule has 2 heterocycles. The zero-order valence-electron chi connectivity index (χ0n) is 14.2. The van der Waals surface area contributed by atoms with E-state index in [0.29, 0.717) is 18.4 Å². The molecule has 0 saturated carbocycles. The zero-order valence-corrected chi connectivity index (χ0v) is 14.2. The summed E-state index contributed by atoms with van der Waals surface area (Å²) >= 11 is 0. The lowest BCUT2D eigenvalue weighted by Gasteiger charge is -2.06. The molecule has 0 spiro atoms. The number of aryl methyl sites for hydroxylation is 3. The van der Waals surface area contributed by atoms with Crippen LogP contribution < -0.4 is 5.32 Å². The van der Waals surface area contributed by atoms with E-state index in [1.165, 1.54) is 5.56 Å². The van der Waals surface area contributed by atoms with Crippen molar-refractivity contribution in [1.29, 1.82) is 0 Å². The highest BCUT2D eigenvalue weighted by molar-refractivity contribution is 5.53. The first-order valence-electron chi connectivity index (χ1n) is 8.17. The molecule has 0 radical (unpaired) electrons. The first kappa shape index (κ1) is 16.1. The lowest BCUT2D eigenvalue weighted by molar-refractivity contribution is 0.573. The number of rotatable bonds is 6. The number of hydrogen-bond acceptors (Lipinski definition) is 6. The largest absolute Gasteiger partial charge is 0.444 e. The van der Waals surface area contributed by atoms with Gasteiger partial charge in [-0.05, 0) is 31.9 Å². The summed E-state index contributed by atoms with van der Waals surface area (Å²) in [7, 11) is 0.